The second kappa shape index (κ2) is 5.50. The zero-order valence-electron chi connectivity index (χ0n) is 15.5. The summed E-state index contributed by atoms with van der Waals surface area (Å²) in [4.78, 5) is 28.6. The van der Waals surface area contributed by atoms with E-state index in [9.17, 15) is 9.59 Å². The van der Waals surface area contributed by atoms with Crippen molar-refractivity contribution in [1.82, 2.24) is 0 Å². The highest BCUT2D eigenvalue weighted by molar-refractivity contribution is 8.01. The largest absolute Gasteiger partial charge is 0.274 e. The summed E-state index contributed by atoms with van der Waals surface area (Å²) in [6.07, 6.45) is 12.2. The minimum absolute atomic E-state index is 0.0512. The zero-order valence-corrected chi connectivity index (χ0v) is 16.3. The van der Waals surface area contributed by atoms with E-state index in [0.29, 0.717) is 0 Å². The first-order chi connectivity index (χ1) is 13.2. The predicted molar refractivity (Wildman–Crippen MR) is 107 cm³/mol. The van der Waals surface area contributed by atoms with Gasteiger partial charge in [0.15, 0.2) is 0 Å². The molecule has 2 saturated carbocycles. The molecular weight excluding hydrogens is 354 g/mol. The molecule has 2 aliphatic heterocycles. The molecular formula is C23H25NO2S. The lowest BCUT2D eigenvalue weighted by atomic mass is 9.45. The van der Waals surface area contributed by atoms with Gasteiger partial charge in [0.2, 0.25) is 11.8 Å². The first-order valence-corrected chi connectivity index (χ1v) is 11.4. The fraction of sp³-hybridized carbons (Fsp3) is 0.565. The highest BCUT2D eigenvalue weighted by Gasteiger charge is 2.73. The van der Waals surface area contributed by atoms with Crippen LogP contribution in [0, 0.1) is 29.1 Å². The fourth-order valence-electron chi connectivity index (χ4n) is 7.44. The molecule has 4 aliphatic carbocycles. The van der Waals surface area contributed by atoms with Crippen molar-refractivity contribution in [3.63, 3.8) is 0 Å². The second-order valence-corrected chi connectivity index (χ2v) is 10.5. The summed E-state index contributed by atoms with van der Waals surface area (Å²) in [6.45, 7) is 0. The molecule has 0 N–H and O–H groups in total. The molecule has 0 radical (unpaired) electrons. The van der Waals surface area contributed by atoms with E-state index in [4.69, 9.17) is 0 Å². The number of allylic oxidation sites excluding steroid dienone is 2. The summed E-state index contributed by atoms with van der Waals surface area (Å²) in [7, 11) is 0. The van der Waals surface area contributed by atoms with Gasteiger partial charge in [0.1, 0.15) is 0 Å². The molecule has 2 bridgehead atoms. The number of hydrogen-bond donors (Lipinski definition) is 0. The van der Waals surface area contributed by atoms with Crippen LogP contribution in [0.25, 0.3) is 0 Å². The van der Waals surface area contributed by atoms with Crippen LogP contribution in [0.4, 0.5) is 5.69 Å². The summed E-state index contributed by atoms with van der Waals surface area (Å²) in [5, 5.41) is 0. The Labute approximate surface area is 164 Å². The summed E-state index contributed by atoms with van der Waals surface area (Å²) in [5.74, 6) is 1.49. The average molecular weight is 380 g/mol. The third-order valence-corrected chi connectivity index (χ3v) is 10.2. The first kappa shape index (κ1) is 16.4. The molecule has 6 aliphatic rings. The highest BCUT2D eigenvalue weighted by Crippen LogP contribution is 2.73. The van der Waals surface area contributed by atoms with Gasteiger partial charge < -0.3 is 0 Å². The number of rotatable bonds is 1. The summed E-state index contributed by atoms with van der Waals surface area (Å²) >= 11 is 2.14. The molecule has 3 nitrogen and oxygen atoms in total. The number of benzene rings is 1. The molecule has 5 atom stereocenters. The van der Waals surface area contributed by atoms with Crippen molar-refractivity contribution in [2.45, 2.75) is 43.3 Å². The van der Waals surface area contributed by atoms with Crippen molar-refractivity contribution >= 4 is 29.3 Å². The van der Waals surface area contributed by atoms with Crippen LogP contribution in [-0.4, -0.2) is 22.3 Å². The fourth-order valence-corrected chi connectivity index (χ4v) is 9.43. The summed E-state index contributed by atoms with van der Waals surface area (Å²) < 4.78 is 0.187. The van der Waals surface area contributed by atoms with E-state index in [-0.39, 0.29) is 45.6 Å². The van der Waals surface area contributed by atoms with Gasteiger partial charge >= 0.3 is 0 Å². The molecule has 0 aromatic heterocycles. The molecule has 1 aromatic rings. The van der Waals surface area contributed by atoms with Crippen LogP contribution in [-0.2, 0) is 9.59 Å². The van der Waals surface area contributed by atoms with Crippen LogP contribution in [0.15, 0.2) is 42.5 Å². The van der Waals surface area contributed by atoms with Crippen LogP contribution in [0.3, 0.4) is 0 Å². The number of hydrogen-bond acceptors (Lipinski definition) is 3. The van der Waals surface area contributed by atoms with Crippen molar-refractivity contribution in [2.24, 2.45) is 29.1 Å². The van der Waals surface area contributed by atoms with E-state index < -0.39 is 0 Å². The Balaban J connectivity index is 1.50. The highest BCUT2D eigenvalue weighted by atomic mass is 32.2. The molecule has 27 heavy (non-hydrogen) atoms. The summed E-state index contributed by atoms with van der Waals surface area (Å²) in [6, 6.07) is 9.56. The Hall–Kier alpha value is -1.55. The molecule has 2 heterocycles. The van der Waals surface area contributed by atoms with Crippen LogP contribution < -0.4 is 4.90 Å². The standard InChI is InChI=1S/C23H25NO2S/c25-20-18-16-9-10-17(19(18)21(26)24(20)15-7-2-1-3-8-15)23(13-6-14-27-23)22(16)11-4-5-12-22/h1-3,7-10,16-19H,4-6,11-14H2/t16-,17-,18+,19+,23+/m1/s1. The minimum atomic E-state index is -0.149. The first-order valence-electron chi connectivity index (χ1n) is 10.4. The Kier molecular flexibility index (Phi) is 3.34. The number of anilines is 1. The topological polar surface area (TPSA) is 37.4 Å². The Morgan fingerprint density at radius 2 is 1.52 bits per heavy atom. The van der Waals surface area contributed by atoms with Gasteiger partial charge in [-0.2, -0.15) is 11.8 Å². The normalized spacial score (nSPS) is 41.3. The molecule has 2 amide bonds. The number of amides is 2. The van der Waals surface area contributed by atoms with Gasteiger partial charge in [0.25, 0.3) is 0 Å². The maximum Gasteiger partial charge on any atom is 0.238 e. The lowest BCUT2D eigenvalue weighted by Crippen LogP contribution is -2.63. The molecule has 7 rings (SSSR count). The van der Waals surface area contributed by atoms with Crippen molar-refractivity contribution in [2.75, 3.05) is 10.7 Å². The molecule has 2 saturated heterocycles. The van der Waals surface area contributed by atoms with E-state index >= 15 is 0 Å². The third-order valence-electron chi connectivity index (χ3n) is 8.28. The Bertz CT molecular complexity index is 785. The Morgan fingerprint density at radius 3 is 2.19 bits per heavy atom. The Morgan fingerprint density at radius 1 is 0.852 bits per heavy atom. The van der Waals surface area contributed by atoms with E-state index in [1.165, 1.54) is 49.2 Å². The number of carbonyl (C=O) groups excluding carboxylic acids is 2. The van der Waals surface area contributed by atoms with Gasteiger partial charge in [0, 0.05) is 10.7 Å². The second-order valence-electron chi connectivity index (χ2n) is 9.04. The quantitative estimate of drug-likeness (QED) is 0.535. The molecule has 140 valence electrons. The number of para-hydroxylation sites is 1. The molecule has 1 aromatic carbocycles. The predicted octanol–water partition coefficient (Wildman–Crippen LogP) is 4.43. The van der Waals surface area contributed by atoms with Crippen molar-refractivity contribution in [3.8, 4) is 0 Å². The van der Waals surface area contributed by atoms with Gasteiger partial charge in [0.05, 0.1) is 17.5 Å². The van der Waals surface area contributed by atoms with Gasteiger partial charge in [-0.15, -0.1) is 0 Å². The molecule has 2 spiro atoms. The van der Waals surface area contributed by atoms with Gasteiger partial charge in [-0.25, -0.2) is 0 Å². The number of carbonyl (C=O) groups is 2. The van der Waals surface area contributed by atoms with Crippen molar-refractivity contribution in [3.05, 3.63) is 42.5 Å². The van der Waals surface area contributed by atoms with Crippen LogP contribution in [0.5, 0.6) is 0 Å². The zero-order chi connectivity index (χ0) is 18.2. The van der Waals surface area contributed by atoms with Crippen molar-refractivity contribution in [1.29, 1.82) is 0 Å². The van der Waals surface area contributed by atoms with E-state index in [0.717, 1.165) is 5.69 Å². The monoisotopic (exact) mass is 379 g/mol. The van der Waals surface area contributed by atoms with Gasteiger partial charge in [-0.1, -0.05) is 43.2 Å². The van der Waals surface area contributed by atoms with E-state index in [1.54, 1.807) is 0 Å². The maximum absolute atomic E-state index is 13.5. The smallest absolute Gasteiger partial charge is 0.238 e. The van der Waals surface area contributed by atoms with Gasteiger partial charge in [-0.3, -0.25) is 14.5 Å². The molecule has 4 fully saturated rings. The van der Waals surface area contributed by atoms with E-state index in [2.05, 4.69) is 23.9 Å². The third kappa shape index (κ3) is 1.81. The number of imide groups is 1. The SMILES string of the molecule is O=C1[C@@H]2[C@@H](C(=O)N1c1ccccc1)[C@H]1C=C[C@H]2C2(CCCC2)[C@]12CCCS2. The average Bonchev–Trinajstić information content (AvgIpc) is 3.42. The van der Waals surface area contributed by atoms with Crippen molar-refractivity contribution < 1.29 is 9.59 Å². The van der Waals surface area contributed by atoms with Crippen LogP contribution in [0.1, 0.15) is 38.5 Å². The lowest BCUT2D eigenvalue weighted by molar-refractivity contribution is -0.133. The van der Waals surface area contributed by atoms with Gasteiger partial charge in [-0.05, 0) is 54.9 Å². The minimum Gasteiger partial charge on any atom is -0.274 e. The molecule has 0 unspecified atom stereocenters. The maximum atomic E-state index is 13.5. The lowest BCUT2D eigenvalue weighted by Gasteiger charge is -2.62. The van der Waals surface area contributed by atoms with Crippen LogP contribution >= 0.6 is 11.8 Å². The summed E-state index contributed by atoms with van der Waals surface area (Å²) in [5.41, 5.74) is 0.979. The molecule has 4 heteroatoms. The van der Waals surface area contributed by atoms with Crippen LogP contribution in [0.2, 0.25) is 0 Å². The number of nitrogens with zero attached hydrogens (tertiary/aromatic N) is 1. The number of thioether (sulfide) groups is 1. The van der Waals surface area contributed by atoms with E-state index in [1.807, 2.05) is 30.3 Å².